The minimum atomic E-state index is -0.0419. The van der Waals surface area contributed by atoms with Crippen molar-refractivity contribution in [2.75, 3.05) is 23.9 Å². The molecule has 2 N–H and O–H groups in total. The van der Waals surface area contributed by atoms with E-state index in [1.165, 1.54) is 25.7 Å². The van der Waals surface area contributed by atoms with Crippen LogP contribution >= 0.6 is 11.8 Å². The summed E-state index contributed by atoms with van der Waals surface area (Å²) in [6, 6.07) is 2.55. The van der Waals surface area contributed by atoms with Crippen LogP contribution in [0.15, 0.2) is 6.07 Å². The lowest BCUT2D eigenvalue weighted by Crippen LogP contribution is -2.28. The molecule has 0 unspecified atom stereocenters. The monoisotopic (exact) mass is 308 g/mol. The van der Waals surface area contributed by atoms with Crippen LogP contribution < -0.4 is 10.6 Å². The Morgan fingerprint density at radius 2 is 1.71 bits per heavy atom. The highest BCUT2D eigenvalue weighted by Crippen LogP contribution is 2.29. The van der Waals surface area contributed by atoms with E-state index in [1.807, 2.05) is 24.9 Å². The predicted octanol–water partition coefficient (Wildman–Crippen LogP) is 3.90. The first-order valence-corrected chi connectivity index (χ1v) is 9.08. The molecule has 1 aromatic heterocycles. The van der Waals surface area contributed by atoms with Crippen LogP contribution in [0.2, 0.25) is 0 Å². The van der Waals surface area contributed by atoms with Gasteiger partial charge in [0.2, 0.25) is 0 Å². The summed E-state index contributed by atoms with van der Waals surface area (Å²) in [6.07, 6.45) is 7.28. The molecule has 1 saturated carbocycles. The van der Waals surface area contributed by atoms with Gasteiger partial charge in [-0.15, -0.1) is 0 Å². The molecule has 1 aliphatic carbocycles. The third-order valence-corrected chi connectivity index (χ3v) is 5.15. The van der Waals surface area contributed by atoms with Crippen LogP contribution in [0.3, 0.4) is 0 Å². The normalized spacial score (nSPS) is 22.9. The van der Waals surface area contributed by atoms with E-state index in [1.54, 1.807) is 0 Å². The second-order valence-electron chi connectivity index (χ2n) is 6.82. The molecule has 4 nitrogen and oxygen atoms in total. The van der Waals surface area contributed by atoms with Crippen LogP contribution in [0, 0.1) is 0 Å². The van der Waals surface area contributed by atoms with Crippen molar-refractivity contribution in [1.29, 1.82) is 0 Å². The number of thioether (sulfide) groups is 1. The molecule has 2 rings (SSSR count). The summed E-state index contributed by atoms with van der Waals surface area (Å²) < 4.78 is 0. The van der Waals surface area contributed by atoms with E-state index in [-0.39, 0.29) is 5.41 Å². The lowest BCUT2D eigenvalue weighted by Gasteiger charge is -2.29. The molecule has 1 heterocycles. The molecule has 0 bridgehead atoms. The third kappa shape index (κ3) is 4.50. The molecule has 1 aliphatic rings. The van der Waals surface area contributed by atoms with E-state index in [9.17, 15) is 0 Å². The van der Waals surface area contributed by atoms with Gasteiger partial charge in [-0.25, -0.2) is 9.97 Å². The second-order valence-corrected chi connectivity index (χ2v) is 7.95. The third-order valence-electron chi connectivity index (χ3n) is 4.01. The molecule has 0 atom stereocenters. The maximum absolute atomic E-state index is 4.72. The van der Waals surface area contributed by atoms with E-state index in [0.717, 1.165) is 22.7 Å². The lowest BCUT2D eigenvalue weighted by molar-refractivity contribution is 0.471. The lowest BCUT2D eigenvalue weighted by atomic mass is 9.94. The minimum Gasteiger partial charge on any atom is -0.373 e. The van der Waals surface area contributed by atoms with Crippen LogP contribution in [0.1, 0.15) is 52.3 Å². The smallest absolute Gasteiger partial charge is 0.138 e. The summed E-state index contributed by atoms with van der Waals surface area (Å²) in [4.78, 5) is 9.29. The number of aromatic nitrogens is 2. The summed E-state index contributed by atoms with van der Waals surface area (Å²) in [5, 5.41) is 7.59. The molecular formula is C16H28N4S. The van der Waals surface area contributed by atoms with Gasteiger partial charge < -0.3 is 10.6 Å². The van der Waals surface area contributed by atoms with Gasteiger partial charge in [-0.2, -0.15) is 11.8 Å². The van der Waals surface area contributed by atoms with Gasteiger partial charge in [-0.3, -0.25) is 0 Å². The summed E-state index contributed by atoms with van der Waals surface area (Å²) in [5.41, 5.74) is -0.0419. The fourth-order valence-electron chi connectivity index (χ4n) is 2.64. The average molecular weight is 308 g/mol. The van der Waals surface area contributed by atoms with Crippen LogP contribution in [0.4, 0.5) is 11.6 Å². The number of hydrogen-bond acceptors (Lipinski definition) is 5. The van der Waals surface area contributed by atoms with Crippen LogP contribution in [0.5, 0.6) is 0 Å². The first kappa shape index (κ1) is 16.4. The zero-order chi connectivity index (χ0) is 15.5. The molecule has 0 aliphatic heterocycles. The van der Waals surface area contributed by atoms with Crippen molar-refractivity contribution in [3.8, 4) is 0 Å². The van der Waals surface area contributed by atoms with Crippen molar-refractivity contribution in [2.24, 2.45) is 0 Å². The van der Waals surface area contributed by atoms with Crippen LogP contribution in [0.25, 0.3) is 0 Å². The molecule has 0 amide bonds. The molecule has 0 aromatic carbocycles. The minimum absolute atomic E-state index is 0.0419. The summed E-state index contributed by atoms with van der Waals surface area (Å²) in [5.74, 6) is 2.72. The Hall–Kier alpha value is -0.970. The molecule has 0 saturated heterocycles. The maximum Gasteiger partial charge on any atom is 0.138 e. The highest BCUT2D eigenvalue weighted by Gasteiger charge is 2.22. The van der Waals surface area contributed by atoms with Gasteiger partial charge in [0.1, 0.15) is 17.5 Å². The Kier molecular flexibility index (Phi) is 5.36. The molecule has 5 heteroatoms. The predicted molar refractivity (Wildman–Crippen MR) is 93.5 cm³/mol. The van der Waals surface area contributed by atoms with Crippen molar-refractivity contribution in [2.45, 2.75) is 63.2 Å². The molecule has 1 aromatic rings. The largest absolute Gasteiger partial charge is 0.373 e. The van der Waals surface area contributed by atoms with Crippen molar-refractivity contribution in [3.63, 3.8) is 0 Å². The summed E-state index contributed by atoms with van der Waals surface area (Å²) in [6.45, 7) is 6.44. The number of nitrogens with zero attached hydrogens (tertiary/aromatic N) is 2. The quantitative estimate of drug-likeness (QED) is 0.883. The second kappa shape index (κ2) is 6.86. The van der Waals surface area contributed by atoms with Crippen molar-refractivity contribution < 1.29 is 0 Å². The Morgan fingerprint density at radius 1 is 1.10 bits per heavy atom. The van der Waals surface area contributed by atoms with Gasteiger partial charge >= 0.3 is 0 Å². The standard InChI is InChI=1S/C16H28N4S/c1-16(2,3)15-19-13(17-4)10-14(20-15)18-11-6-8-12(21-5)9-7-11/h10-12H,6-9H2,1-5H3,(H2,17,18,19,20). The van der Waals surface area contributed by atoms with Crippen molar-refractivity contribution in [1.82, 2.24) is 9.97 Å². The zero-order valence-electron chi connectivity index (χ0n) is 13.9. The van der Waals surface area contributed by atoms with Gasteiger partial charge in [0.05, 0.1) is 0 Å². The van der Waals surface area contributed by atoms with Gasteiger partial charge in [-0.05, 0) is 31.9 Å². The fourth-order valence-corrected chi connectivity index (χ4v) is 3.38. The van der Waals surface area contributed by atoms with Gasteiger partial charge in [0.15, 0.2) is 0 Å². The first-order chi connectivity index (χ1) is 9.92. The van der Waals surface area contributed by atoms with E-state index in [0.29, 0.717) is 6.04 Å². The Labute approximate surface area is 132 Å². The molecule has 0 spiro atoms. The average Bonchev–Trinajstić information content (AvgIpc) is 2.46. The van der Waals surface area contributed by atoms with Gasteiger partial charge in [-0.1, -0.05) is 20.8 Å². The zero-order valence-corrected chi connectivity index (χ0v) is 14.7. The van der Waals surface area contributed by atoms with Gasteiger partial charge in [0, 0.05) is 29.8 Å². The topological polar surface area (TPSA) is 49.8 Å². The molecule has 118 valence electrons. The molecule has 21 heavy (non-hydrogen) atoms. The SMILES string of the molecule is CNc1cc(NC2CCC(SC)CC2)nc(C(C)(C)C)n1. The van der Waals surface area contributed by atoms with E-state index in [4.69, 9.17) is 4.98 Å². The number of anilines is 2. The highest BCUT2D eigenvalue weighted by atomic mass is 32.2. The summed E-state index contributed by atoms with van der Waals surface area (Å²) >= 11 is 2.00. The first-order valence-electron chi connectivity index (χ1n) is 7.79. The fraction of sp³-hybridized carbons (Fsp3) is 0.750. The van der Waals surface area contributed by atoms with Crippen molar-refractivity contribution >= 4 is 23.4 Å². The summed E-state index contributed by atoms with van der Waals surface area (Å²) in [7, 11) is 1.90. The van der Waals surface area contributed by atoms with E-state index in [2.05, 4.69) is 42.6 Å². The Balaban J connectivity index is 2.09. The highest BCUT2D eigenvalue weighted by molar-refractivity contribution is 7.99. The van der Waals surface area contributed by atoms with Crippen LogP contribution in [-0.2, 0) is 5.41 Å². The Morgan fingerprint density at radius 3 is 2.24 bits per heavy atom. The van der Waals surface area contributed by atoms with E-state index < -0.39 is 0 Å². The molecule has 1 fully saturated rings. The van der Waals surface area contributed by atoms with E-state index >= 15 is 0 Å². The number of rotatable bonds is 4. The molecular weight excluding hydrogens is 280 g/mol. The van der Waals surface area contributed by atoms with Crippen LogP contribution in [-0.4, -0.2) is 34.6 Å². The number of hydrogen-bond donors (Lipinski definition) is 2. The number of nitrogens with one attached hydrogen (secondary N) is 2. The van der Waals surface area contributed by atoms with Gasteiger partial charge in [0.25, 0.3) is 0 Å². The Bertz CT molecular complexity index is 462. The van der Waals surface area contributed by atoms with Crippen molar-refractivity contribution in [3.05, 3.63) is 11.9 Å². The molecule has 0 radical (unpaired) electrons. The maximum atomic E-state index is 4.72.